The third-order valence-corrected chi connectivity index (χ3v) is 5.16. The largest absolute Gasteiger partial charge is 0.586 e. The molecule has 1 aromatic carbocycles. The minimum absolute atomic E-state index is 0.0600. The van der Waals surface area contributed by atoms with Crippen LogP contribution in [0.3, 0.4) is 0 Å². The average molecular weight is 369 g/mol. The first-order chi connectivity index (χ1) is 9.23. The second kappa shape index (κ2) is 4.04. The van der Waals surface area contributed by atoms with Gasteiger partial charge in [-0.05, 0) is 22.9 Å². The number of aromatic nitrogens is 2. The Bertz CT molecular complexity index is 818. The molecule has 0 unspecified atom stereocenters. The highest BCUT2D eigenvalue weighted by Crippen LogP contribution is 2.43. The van der Waals surface area contributed by atoms with Crippen molar-refractivity contribution in [3.63, 3.8) is 0 Å². The van der Waals surface area contributed by atoms with Crippen molar-refractivity contribution in [2.75, 3.05) is 5.75 Å². The molecule has 0 bridgehead atoms. The number of alkyl halides is 2. The van der Waals surface area contributed by atoms with E-state index in [1.165, 1.54) is 13.0 Å². The van der Waals surface area contributed by atoms with Crippen LogP contribution in [0.1, 0.15) is 6.92 Å². The highest BCUT2D eigenvalue weighted by molar-refractivity contribution is 9.10. The van der Waals surface area contributed by atoms with Crippen LogP contribution in [0.15, 0.2) is 16.9 Å². The Balaban J connectivity index is 2.28. The molecule has 10 heteroatoms. The summed E-state index contributed by atoms with van der Waals surface area (Å²) in [7, 11) is -3.63. The fourth-order valence-corrected chi connectivity index (χ4v) is 3.88. The van der Waals surface area contributed by atoms with Crippen molar-refractivity contribution in [3.8, 4) is 11.5 Å². The lowest BCUT2D eigenvalue weighted by atomic mass is 10.3. The first kappa shape index (κ1) is 13.6. The van der Waals surface area contributed by atoms with E-state index in [-0.39, 0.29) is 33.0 Å². The maximum atomic E-state index is 13.0. The van der Waals surface area contributed by atoms with Crippen molar-refractivity contribution >= 4 is 37.0 Å². The smallest absolute Gasteiger partial charge is 0.395 e. The number of rotatable bonds is 2. The zero-order valence-electron chi connectivity index (χ0n) is 9.93. The molecule has 2 heterocycles. The number of fused-ring (bicyclic) bond motifs is 2. The Morgan fingerprint density at radius 1 is 1.35 bits per heavy atom. The monoisotopic (exact) mass is 368 g/mol. The molecular weight excluding hydrogens is 362 g/mol. The van der Waals surface area contributed by atoms with Crippen LogP contribution in [0.25, 0.3) is 11.0 Å². The van der Waals surface area contributed by atoms with Gasteiger partial charge in [0.1, 0.15) is 0 Å². The topological polar surface area (TPSA) is 70.4 Å². The van der Waals surface area contributed by atoms with Crippen molar-refractivity contribution in [1.29, 1.82) is 0 Å². The first-order valence-electron chi connectivity index (χ1n) is 5.44. The highest BCUT2D eigenvalue weighted by atomic mass is 79.9. The van der Waals surface area contributed by atoms with Crippen LogP contribution in [0.4, 0.5) is 8.78 Å². The van der Waals surface area contributed by atoms with Gasteiger partial charge >= 0.3 is 6.29 Å². The average Bonchev–Trinajstić information content (AvgIpc) is 2.79. The van der Waals surface area contributed by atoms with E-state index in [0.29, 0.717) is 0 Å². The van der Waals surface area contributed by atoms with E-state index < -0.39 is 16.3 Å². The minimum atomic E-state index is -3.76. The quantitative estimate of drug-likeness (QED) is 0.813. The molecule has 0 saturated heterocycles. The third kappa shape index (κ3) is 1.94. The molecular formula is C10H7BrF2N2O4S. The molecule has 0 N–H and O–H groups in total. The van der Waals surface area contributed by atoms with E-state index in [9.17, 15) is 17.2 Å². The van der Waals surface area contributed by atoms with Gasteiger partial charge in [0.05, 0.1) is 16.8 Å². The van der Waals surface area contributed by atoms with Gasteiger partial charge in [0.25, 0.3) is 0 Å². The van der Waals surface area contributed by atoms with Crippen LogP contribution in [0, 0.1) is 0 Å². The zero-order chi connectivity index (χ0) is 14.7. The second-order valence-electron chi connectivity index (χ2n) is 4.00. The standard InChI is InChI=1S/C10H7BrF2N2O4S/c1-2-20(16,17)15-6-4-8-7(18-10(12,13)19-8)3-5(6)14-9(15)11/h3-4H,2H2,1H3. The van der Waals surface area contributed by atoms with Crippen LogP contribution in [0.5, 0.6) is 11.5 Å². The number of hydrogen-bond acceptors (Lipinski definition) is 5. The predicted molar refractivity (Wildman–Crippen MR) is 68.5 cm³/mol. The molecule has 0 atom stereocenters. The molecule has 0 spiro atoms. The van der Waals surface area contributed by atoms with Crippen LogP contribution < -0.4 is 9.47 Å². The number of nitrogens with zero attached hydrogens (tertiary/aromatic N) is 2. The Kier molecular flexibility index (Phi) is 2.74. The molecule has 108 valence electrons. The lowest BCUT2D eigenvalue weighted by molar-refractivity contribution is -0.286. The van der Waals surface area contributed by atoms with Gasteiger partial charge in [0.2, 0.25) is 10.0 Å². The SMILES string of the molecule is CCS(=O)(=O)n1c(Br)nc2cc3c(cc21)OC(F)(F)O3. The van der Waals surface area contributed by atoms with Crippen LogP contribution in [-0.2, 0) is 10.0 Å². The van der Waals surface area contributed by atoms with Gasteiger partial charge in [0, 0.05) is 12.1 Å². The van der Waals surface area contributed by atoms with Gasteiger partial charge in [0.15, 0.2) is 16.2 Å². The van der Waals surface area contributed by atoms with Crippen molar-refractivity contribution < 1.29 is 26.7 Å². The number of ether oxygens (including phenoxy) is 2. The summed E-state index contributed by atoms with van der Waals surface area (Å²) in [5.41, 5.74) is 0.340. The summed E-state index contributed by atoms with van der Waals surface area (Å²) in [6.45, 7) is 1.47. The molecule has 0 aliphatic carbocycles. The van der Waals surface area contributed by atoms with E-state index in [1.54, 1.807) is 0 Å². The molecule has 1 aromatic heterocycles. The Labute approximate surface area is 120 Å². The molecule has 20 heavy (non-hydrogen) atoms. The fraction of sp³-hybridized carbons (Fsp3) is 0.300. The summed E-state index contributed by atoms with van der Waals surface area (Å²) in [5, 5.41) is 0. The molecule has 3 rings (SSSR count). The van der Waals surface area contributed by atoms with Gasteiger partial charge in [-0.2, -0.15) is 0 Å². The highest BCUT2D eigenvalue weighted by Gasteiger charge is 2.44. The molecule has 1 aliphatic heterocycles. The maximum absolute atomic E-state index is 13.0. The Morgan fingerprint density at radius 3 is 2.55 bits per heavy atom. The number of imidazole rings is 1. The lowest BCUT2D eigenvalue weighted by Gasteiger charge is -2.05. The van der Waals surface area contributed by atoms with Crippen LogP contribution in [0.2, 0.25) is 0 Å². The van der Waals surface area contributed by atoms with Crippen molar-refractivity contribution in [3.05, 3.63) is 16.9 Å². The summed E-state index contributed by atoms with van der Waals surface area (Å²) < 4.78 is 59.5. The van der Waals surface area contributed by atoms with Crippen molar-refractivity contribution in [1.82, 2.24) is 8.96 Å². The van der Waals surface area contributed by atoms with Crippen LogP contribution >= 0.6 is 15.9 Å². The first-order valence-corrected chi connectivity index (χ1v) is 7.85. The third-order valence-electron chi connectivity index (χ3n) is 2.74. The summed E-state index contributed by atoms with van der Waals surface area (Å²) in [4.78, 5) is 3.97. The van der Waals surface area contributed by atoms with Gasteiger partial charge in [-0.1, -0.05) is 0 Å². The second-order valence-corrected chi connectivity index (χ2v) is 6.82. The Hall–Kier alpha value is -1.42. The summed E-state index contributed by atoms with van der Waals surface area (Å²) in [6.07, 6.45) is -3.76. The molecule has 6 nitrogen and oxygen atoms in total. The predicted octanol–water partition coefficient (Wildman–Crippen LogP) is 2.32. The number of hydrogen-bond donors (Lipinski definition) is 0. The summed E-state index contributed by atoms with van der Waals surface area (Å²) in [6, 6.07) is 2.37. The van der Waals surface area contributed by atoms with E-state index in [0.717, 1.165) is 10.0 Å². The minimum Gasteiger partial charge on any atom is -0.395 e. The zero-order valence-corrected chi connectivity index (χ0v) is 12.3. The van der Waals surface area contributed by atoms with E-state index >= 15 is 0 Å². The van der Waals surface area contributed by atoms with E-state index in [4.69, 9.17) is 0 Å². The van der Waals surface area contributed by atoms with Crippen molar-refractivity contribution in [2.45, 2.75) is 13.2 Å². The van der Waals surface area contributed by atoms with E-state index in [1.807, 2.05) is 0 Å². The molecule has 0 amide bonds. The molecule has 2 aromatic rings. The fourth-order valence-electron chi connectivity index (χ4n) is 1.86. The number of benzene rings is 1. The van der Waals surface area contributed by atoms with Gasteiger partial charge in [-0.15, -0.1) is 8.78 Å². The lowest BCUT2D eigenvalue weighted by Crippen LogP contribution is -2.25. The molecule has 1 aliphatic rings. The van der Waals surface area contributed by atoms with Gasteiger partial charge in [-0.3, -0.25) is 0 Å². The molecule has 0 fully saturated rings. The van der Waals surface area contributed by atoms with Gasteiger partial charge in [-0.25, -0.2) is 17.4 Å². The molecule has 0 radical (unpaired) electrons. The summed E-state index contributed by atoms with van der Waals surface area (Å²) >= 11 is 3.04. The Morgan fingerprint density at radius 2 is 1.95 bits per heavy atom. The normalized spacial score (nSPS) is 16.8. The van der Waals surface area contributed by atoms with E-state index in [2.05, 4.69) is 30.4 Å². The summed E-state index contributed by atoms with van der Waals surface area (Å²) in [5.74, 6) is -0.585. The molecule has 0 saturated carbocycles. The van der Waals surface area contributed by atoms with Crippen LogP contribution in [-0.4, -0.2) is 29.4 Å². The maximum Gasteiger partial charge on any atom is 0.586 e. The van der Waals surface area contributed by atoms with Gasteiger partial charge < -0.3 is 9.47 Å². The van der Waals surface area contributed by atoms with Crippen molar-refractivity contribution in [2.24, 2.45) is 0 Å². The number of halogens is 3.